The molecule has 0 aliphatic carbocycles. The minimum absolute atomic E-state index is 0.361. The summed E-state index contributed by atoms with van der Waals surface area (Å²) >= 11 is 0. The molecule has 2 aromatic rings. The zero-order valence-electron chi connectivity index (χ0n) is 13.4. The predicted octanol–water partition coefficient (Wildman–Crippen LogP) is 3.97. The van der Waals surface area contributed by atoms with E-state index in [2.05, 4.69) is 6.58 Å². The molecule has 0 radical (unpaired) electrons. The molecule has 0 aliphatic rings. The second kappa shape index (κ2) is 9.20. The molecule has 0 amide bonds. The highest BCUT2D eigenvalue weighted by Gasteiger charge is 2.03. The van der Waals surface area contributed by atoms with E-state index < -0.39 is 5.97 Å². The third kappa shape index (κ3) is 5.32. The highest BCUT2D eigenvalue weighted by Crippen LogP contribution is 2.21. The first-order chi connectivity index (χ1) is 11.7. The molecule has 2 aromatic carbocycles. The average Bonchev–Trinajstić information content (AvgIpc) is 2.59. The van der Waals surface area contributed by atoms with Gasteiger partial charge in [-0.2, -0.15) is 0 Å². The number of carboxylic acid groups (broad SMARTS) is 1. The summed E-state index contributed by atoms with van der Waals surface area (Å²) in [6.45, 7) is 4.50. The number of ether oxygens (including phenoxy) is 2. The summed E-state index contributed by atoms with van der Waals surface area (Å²) in [7, 11) is 0. The van der Waals surface area contributed by atoms with E-state index in [-0.39, 0.29) is 0 Å². The molecule has 0 unspecified atom stereocenters. The van der Waals surface area contributed by atoms with E-state index in [9.17, 15) is 4.79 Å². The Bertz CT molecular complexity index is 719. The standard InChI is InChI=1S/C20H20O4/c1-2-7-16-8-3-5-10-18(16)23-14-15-24-19-11-6-4-9-17(19)12-13-20(21)22/h2-6,8-13H,1,7,14-15H2,(H,21,22). The number of carboxylic acids is 1. The van der Waals surface area contributed by atoms with Crippen molar-refractivity contribution in [1.29, 1.82) is 0 Å². The van der Waals surface area contributed by atoms with Crippen LogP contribution in [0.4, 0.5) is 0 Å². The van der Waals surface area contributed by atoms with Gasteiger partial charge in [-0.3, -0.25) is 0 Å². The second-order valence-electron chi connectivity index (χ2n) is 5.01. The Balaban J connectivity index is 1.91. The van der Waals surface area contributed by atoms with Crippen LogP contribution in [-0.4, -0.2) is 24.3 Å². The van der Waals surface area contributed by atoms with Crippen LogP contribution in [0.3, 0.4) is 0 Å². The lowest BCUT2D eigenvalue weighted by Crippen LogP contribution is -2.10. The summed E-state index contributed by atoms with van der Waals surface area (Å²) < 4.78 is 11.5. The van der Waals surface area contributed by atoms with Gasteiger partial charge in [-0.1, -0.05) is 42.5 Å². The number of rotatable bonds is 9. The molecule has 0 fully saturated rings. The van der Waals surface area contributed by atoms with Crippen LogP contribution in [0.25, 0.3) is 6.08 Å². The topological polar surface area (TPSA) is 55.8 Å². The zero-order valence-corrected chi connectivity index (χ0v) is 13.4. The lowest BCUT2D eigenvalue weighted by atomic mass is 10.1. The van der Waals surface area contributed by atoms with Gasteiger partial charge < -0.3 is 14.6 Å². The Hall–Kier alpha value is -3.01. The maximum atomic E-state index is 10.6. The highest BCUT2D eigenvalue weighted by molar-refractivity contribution is 5.85. The van der Waals surface area contributed by atoms with Crippen LogP contribution < -0.4 is 9.47 Å². The first kappa shape index (κ1) is 17.3. The Kier molecular flexibility index (Phi) is 6.65. The SMILES string of the molecule is C=CCc1ccccc1OCCOc1ccccc1C=CC(=O)O. The number of hydrogen-bond donors (Lipinski definition) is 1. The number of carbonyl (C=O) groups is 1. The summed E-state index contributed by atoms with van der Waals surface area (Å²) in [6, 6.07) is 15.1. The molecule has 0 aromatic heterocycles. The van der Waals surface area contributed by atoms with Gasteiger partial charge >= 0.3 is 5.97 Å². The summed E-state index contributed by atoms with van der Waals surface area (Å²) in [5.74, 6) is 0.449. The van der Waals surface area contributed by atoms with E-state index in [1.165, 1.54) is 6.08 Å². The first-order valence-electron chi connectivity index (χ1n) is 7.65. The number of benzene rings is 2. The van der Waals surface area contributed by atoms with Gasteiger partial charge in [0.05, 0.1) is 0 Å². The Morgan fingerprint density at radius 1 is 1.00 bits per heavy atom. The maximum Gasteiger partial charge on any atom is 0.328 e. The fourth-order valence-electron chi connectivity index (χ4n) is 2.18. The molecule has 4 heteroatoms. The summed E-state index contributed by atoms with van der Waals surface area (Å²) in [4.78, 5) is 10.6. The number of aliphatic carboxylic acids is 1. The molecular formula is C20H20O4. The van der Waals surface area contributed by atoms with Crippen molar-refractivity contribution in [2.75, 3.05) is 13.2 Å². The summed E-state index contributed by atoms with van der Waals surface area (Å²) in [5.41, 5.74) is 1.80. The molecule has 24 heavy (non-hydrogen) atoms. The van der Waals surface area contributed by atoms with Gasteiger partial charge in [-0.05, 0) is 30.2 Å². The first-order valence-corrected chi connectivity index (χ1v) is 7.65. The molecule has 0 bridgehead atoms. The minimum Gasteiger partial charge on any atom is -0.490 e. The maximum absolute atomic E-state index is 10.6. The van der Waals surface area contributed by atoms with Gasteiger partial charge in [0.1, 0.15) is 24.7 Å². The number of hydrogen-bond acceptors (Lipinski definition) is 3. The van der Waals surface area contributed by atoms with Gasteiger partial charge in [-0.15, -0.1) is 6.58 Å². The van der Waals surface area contributed by atoms with Crippen LogP contribution in [0.2, 0.25) is 0 Å². The fourth-order valence-corrected chi connectivity index (χ4v) is 2.18. The van der Waals surface area contributed by atoms with Gasteiger partial charge in [0.25, 0.3) is 0 Å². The Morgan fingerprint density at radius 3 is 2.33 bits per heavy atom. The van der Waals surface area contributed by atoms with Gasteiger partial charge in [0.2, 0.25) is 0 Å². The lowest BCUT2D eigenvalue weighted by Gasteiger charge is -2.12. The molecular weight excluding hydrogens is 304 g/mol. The third-order valence-corrected chi connectivity index (χ3v) is 3.26. The summed E-state index contributed by atoms with van der Waals surface area (Å²) in [6.07, 6.45) is 5.19. The smallest absolute Gasteiger partial charge is 0.328 e. The molecule has 124 valence electrons. The molecule has 2 rings (SSSR count). The molecule has 0 spiro atoms. The van der Waals surface area contributed by atoms with Crippen molar-refractivity contribution in [2.45, 2.75) is 6.42 Å². The zero-order chi connectivity index (χ0) is 17.2. The van der Waals surface area contributed by atoms with Crippen LogP contribution >= 0.6 is 0 Å². The van der Waals surface area contributed by atoms with Crippen molar-refractivity contribution in [1.82, 2.24) is 0 Å². The number of allylic oxidation sites excluding steroid dienone is 1. The van der Waals surface area contributed by atoms with Gasteiger partial charge in [0.15, 0.2) is 0 Å². The van der Waals surface area contributed by atoms with E-state index >= 15 is 0 Å². The quantitative estimate of drug-likeness (QED) is 0.431. The van der Waals surface area contributed by atoms with Crippen molar-refractivity contribution >= 4 is 12.0 Å². The van der Waals surface area contributed by atoms with Crippen LogP contribution in [0.1, 0.15) is 11.1 Å². The lowest BCUT2D eigenvalue weighted by molar-refractivity contribution is -0.131. The molecule has 1 N–H and O–H groups in total. The van der Waals surface area contributed by atoms with Crippen LogP contribution in [0.15, 0.2) is 67.3 Å². The largest absolute Gasteiger partial charge is 0.490 e. The predicted molar refractivity (Wildman–Crippen MR) is 94.4 cm³/mol. The molecule has 0 saturated carbocycles. The normalized spacial score (nSPS) is 10.5. The molecule has 0 atom stereocenters. The fraction of sp³-hybridized carbons (Fsp3) is 0.150. The van der Waals surface area contributed by atoms with E-state index in [0.717, 1.165) is 23.8 Å². The molecule has 0 aliphatic heterocycles. The molecule has 0 heterocycles. The average molecular weight is 324 g/mol. The van der Waals surface area contributed by atoms with Gasteiger partial charge in [-0.25, -0.2) is 4.79 Å². The van der Waals surface area contributed by atoms with Gasteiger partial charge in [0, 0.05) is 11.6 Å². The number of para-hydroxylation sites is 2. The second-order valence-corrected chi connectivity index (χ2v) is 5.01. The third-order valence-electron chi connectivity index (χ3n) is 3.26. The molecule has 4 nitrogen and oxygen atoms in total. The Morgan fingerprint density at radius 2 is 1.62 bits per heavy atom. The highest BCUT2D eigenvalue weighted by atomic mass is 16.5. The van der Waals surface area contributed by atoms with Crippen molar-refractivity contribution < 1.29 is 19.4 Å². The van der Waals surface area contributed by atoms with E-state index in [0.29, 0.717) is 24.5 Å². The van der Waals surface area contributed by atoms with Crippen molar-refractivity contribution in [2.24, 2.45) is 0 Å². The molecule has 0 saturated heterocycles. The van der Waals surface area contributed by atoms with Crippen LogP contribution in [-0.2, 0) is 11.2 Å². The van der Waals surface area contributed by atoms with Crippen LogP contribution in [0, 0.1) is 0 Å². The van der Waals surface area contributed by atoms with E-state index in [4.69, 9.17) is 14.6 Å². The van der Waals surface area contributed by atoms with Crippen molar-refractivity contribution in [3.63, 3.8) is 0 Å². The Labute approximate surface area is 141 Å². The minimum atomic E-state index is -0.994. The van der Waals surface area contributed by atoms with Crippen LogP contribution in [0.5, 0.6) is 11.5 Å². The van der Waals surface area contributed by atoms with E-state index in [1.807, 2.05) is 42.5 Å². The van der Waals surface area contributed by atoms with Crippen molar-refractivity contribution in [3.05, 3.63) is 78.4 Å². The summed E-state index contributed by atoms with van der Waals surface area (Å²) in [5, 5.41) is 8.72. The van der Waals surface area contributed by atoms with E-state index in [1.54, 1.807) is 12.1 Å². The van der Waals surface area contributed by atoms with Crippen molar-refractivity contribution in [3.8, 4) is 11.5 Å². The monoisotopic (exact) mass is 324 g/mol.